The Balaban J connectivity index is 2.15. The molecule has 0 aliphatic rings. The highest BCUT2D eigenvalue weighted by molar-refractivity contribution is 7.89. The summed E-state index contributed by atoms with van der Waals surface area (Å²) in [6, 6.07) is 12.8. The van der Waals surface area contributed by atoms with Crippen molar-refractivity contribution < 1.29 is 13.2 Å². The van der Waals surface area contributed by atoms with E-state index in [1.807, 2.05) is 38.1 Å². The highest BCUT2D eigenvalue weighted by atomic mass is 32.2. The number of nitrogens with zero attached hydrogens (tertiary/aromatic N) is 1. The number of aryl methyl sites for hydroxylation is 2. The van der Waals surface area contributed by atoms with Crippen molar-refractivity contribution in [3.63, 3.8) is 0 Å². The predicted molar refractivity (Wildman–Crippen MR) is 110 cm³/mol. The van der Waals surface area contributed by atoms with E-state index in [1.54, 1.807) is 23.1 Å². The average molecular weight is 389 g/mol. The summed E-state index contributed by atoms with van der Waals surface area (Å²) in [5.74, 6) is 0.142. The molecule has 2 rings (SSSR count). The fraction of sp³-hybridized carbons (Fsp3) is 0.381. The highest BCUT2D eigenvalue weighted by Gasteiger charge is 2.19. The molecule has 0 aromatic heterocycles. The standard InChI is InChI=1S/C21H28N2O3S/c1-15(2)20-8-6-7-9-21(20)23(18(5)24)13-12-22-27(25,26)19-11-10-16(3)17(4)14-19/h6-11,14-15,22H,12-13H2,1-5H3. The number of benzene rings is 2. The van der Waals surface area contributed by atoms with E-state index in [1.165, 1.54) is 6.92 Å². The summed E-state index contributed by atoms with van der Waals surface area (Å²) in [4.78, 5) is 14.0. The van der Waals surface area contributed by atoms with Crippen LogP contribution in [0.4, 0.5) is 5.69 Å². The number of carbonyl (C=O) groups is 1. The van der Waals surface area contributed by atoms with Crippen LogP contribution in [0.15, 0.2) is 47.4 Å². The SMILES string of the molecule is CC(=O)N(CCNS(=O)(=O)c1ccc(C)c(C)c1)c1ccccc1C(C)C. The number of carbonyl (C=O) groups excluding carboxylic acids is 1. The van der Waals surface area contributed by atoms with E-state index in [-0.39, 0.29) is 29.8 Å². The van der Waals surface area contributed by atoms with E-state index in [0.29, 0.717) is 0 Å². The van der Waals surface area contributed by atoms with Gasteiger partial charge in [0.25, 0.3) is 0 Å². The van der Waals surface area contributed by atoms with Crippen molar-refractivity contribution in [1.82, 2.24) is 4.72 Å². The van der Waals surface area contributed by atoms with E-state index in [0.717, 1.165) is 22.4 Å². The summed E-state index contributed by atoms with van der Waals surface area (Å²) in [6.07, 6.45) is 0. The van der Waals surface area contributed by atoms with Crippen molar-refractivity contribution >= 4 is 21.6 Å². The maximum atomic E-state index is 12.5. The molecule has 6 heteroatoms. The van der Waals surface area contributed by atoms with Gasteiger partial charge in [0.15, 0.2) is 0 Å². The number of nitrogens with one attached hydrogen (secondary N) is 1. The molecule has 0 saturated heterocycles. The molecule has 5 nitrogen and oxygen atoms in total. The lowest BCUT2D eigenvalue weighted by molar-refractivity contribution is -0.116. The molecule has 0 spiro atoms. The van der Waals surface area contributed by atoms with E-state index < -0.39 is 10.0 Å². The number of rotatable bonds is 7. The van der Waals surface area contributed by atoms with Crippen LogP contribution in [0.25, 0.3) is 0 Å². The van der Waals surface area contributed by atoms with Gasteiger partial charge in [-0.15, -0.1) is 0 Å². The summed E-state index contributed by atoms with van der Waals surface area (Å²) in [5, 5.41) is 0. The van der Waals surface area contributed by atoms with Crippen molar-refractivity contribution in [2.45, 2.75) is 45.4 Å². The Kier molecular flexibility index (Phi) is 6.78. The molecule has 0 fully saturated rings. The molecule has 0 unspecified atom stereocenters. The van der Waals surface area contributed by atoms with Crippen molar-refractivity contribution in [2.24, 2.45) is 0 Å². The van der Waals surface area contributed by atoms with Crippen molar-refractivity contribution in [3.8, 4) is 0 Å². The van der Waals surface area contributed by atoms with Gasteiger partial charge >= 0.3 is 0 Å². The van der Waals surface area contributed by atoms with Crippen LogP contribution >= 0.6 is 0 Å². The lowest BCUT2D eigenvalue weighted by atomic mass is 10.0. The normalized spacial score (nSPS) is 11.6. The molecule has 146 valence electrons. The maximum absolute atomic E-state index is 12.5. The molecule has 0 heterocycles. The van der Waals surface area contributed by atoms with Gasteiger partial charge in [0.05, 0.1) is 4.90 Å². The van der Waals surface area contributed by atoms with Gasteiger partial charge in [0.1, 0.15) is 0 Å². The van der Waals surface area contributed by atoms with Crippen LogP contribution in [0.3, 0.4) is 0 Å². The minimum absolute atomic E-state index is 0.117. The third-order valence-electron chi connectivity index (χ3n) is 4.65. The Bertz CT molecular complexity index is 921. The number of anilines is 1. The zero-order valence-corrected chi connectivity index (χ0v) is 17.4. The fourth-order valence-electron chi connectivity index (χ4n) is 2.93. The molecular weight excluding hydrogens is 360 g/mol. The monoisotopic (exact) mass is 388 g/mol. The van der Waals surface area contributed by atoms with E-state index in [4.69, 9.17) is 0 Å². The molecule has 0 saturated carbocycles. The van der Waals surface area contributed by atoms with E-state index in [9.17, 15) is 13.2 Å². The molecule has 2 aromatic carbocycles. The molecule has 2 aromatic rings. The van der Waals surface area contributed by atoms with Crippen LogP contribution in [0, 0.1) is 13.8 Å². The zero-order valence-electron chi connectivity index (χ0n) is 16.6. The Morgan fingerprint density at radius 3 is 2.33 bits per heavy atom. The minimum atomic E-state index is -3.62. The lowest BCUT2D eigenvalue weighted by Gasteiger charge is -2.25. The van der Waals surface area contributed by atoms with Gasteiger partial charge in [-0.2, -0.15) is 0 Å². The topological polar surface area (TPSA) is 66.5 Å². The molecule has 1 amide bonds. The van der Waals surface area contributed by atoms with Crippen LogP contribution in [-0.2, 0) is 14.8 Å². The lowest BCUT2D eigenvalue weighted by Crippen LogP contribution is -2.38. The van der Waals surface area contributed by atoms with Crippen LogP contribution in [0.2, 0.25) is 0 Å². The van der Waals surface area contributed by atoms with Crippen molar-refractivity contribution in [3.05, 3.63) is 59.2 Å². The summed E-state index contributed by atoms with van der Waals surface area (Å²) in [5.41, 5.74) is 3.85. The zero-order chi connectivity index (χ0) is 20.2. The number of hydrogen-bond acceptors (Lipinski definition) is 3. The van der Waals surface area contributed by atoms with Gasteiger partial charge in [-0.25, -0.2) is 13.1 Å². The van der Waals surface area contributed by atoms with Crippen molar-refractivity contribution in [2.75, 3.05) is 18.0 Å². The van der Waals surface area contributed by atoms with Gasteiger partial charge in [0.2, 0.25) is 15.9 Å². The number of sulfonamides is 1. The smallest absolute Gasteiger partial charge is 0.240 e. The molecule has 0 atom stereocenters. The Morgan fingerprint density at radius 2 is 1.74 bits per heavy atom. The number of hydrogen-bond donors (Lipinski definition) is 1. The number of para-hydroxylation sites is 1. The van der Waals surface area contributed by atoms with Gasteiger partial charge in [-0.3, -0.25) is 4.79 Å². The Hall–Kier alpha value is -2.18. The summed E-state index contributed by atoms with van der Waals surface area (Å²) in [7, 11) is -3.62. The summed E-state index contributed by atoms with van der Waals surface area (Å²) < 4.78 is 27.7. The third kappa shape index (κ3) is 5.17. The molecular formula is C21H28N2O3S. The minimum Gasteiger partial charge on any atom is -0.311 e. The second-order valence-corrected chi connectivity index (χ2v) is 8.79. The first kappa shape index (κ1) is 21.1. The predicted octanol–water partition coefficient (Wildman–Crippen LogP) is 3.76. The van der Waals surface area contributed by atoms with Gasteiger partial charge < -0.3 is 4.90 Å². The number of amides is 1. The molecule has 0 radical (unpaired) electrons. The average Bonchev–Trinajstić information content (AvgIpc) is 2.60. The highest BCUT2D eigenvalue weighted by Crippen LogP contribution is 2.27. The molecule has 0 aliphatic heterocycles. The molecule has 1 N–H and O–H groups in total. The maximum Gasteiger partial charge on any atom is 0.240 e. The quantitative estimate of drug-likeness (QED) is 0.785. The van der Waals surface area contributed by atoms with Crippen LogP contribution < -0.4 is 9.62 Å². The second-order valence-electron chi connectivity index (χ2n) is 7.03. The van der Waals surface area contributed by atoms with Crippen molar-refractivity contribution in [1.29, 1.82) is 0 Å². The van der Waals surface area contributed by atoms with Gasteiger partial charge in [-0.05, 0) is 54.7 Å². The first-order chi connectivity index (χ1) is 12.6. The second kappa shape index (κ2) is 8.67. The van der Waals surface area contributed by atoms with Crippen LogP contribution in [0.1, 0.15) is 43.4 Å². The van der Waals surface area contributed by atoms with E-state index in [2.05, 4.69) is 18.6 Å². The molecule has 27 heavy (non-hydrogen) atoms. The van der Waals surface area contributed by atoms with E-state index >= 15 is 0 Å². The first-order valence-electron chi connectivity index (χ1n) is 9.07. The third-order valence-corrected chi connectivity index (χ3v) is 6.10. The van der Waals surface area contributed by atoms with Crippen LogP contribution in [-0.4, -0.2) is 27.4 Å². The first-order valence-corrected chi connectivity index (χ1v) is 10.6. The van der Waals surface area contributed by atoms with Gasteiger partial charge in [0, 0.05) is 25.7 Å². The summed E-state index contributed by atoms with van der Waals surface area (Å²) >= 11 is 0. The van der Waals surface area contributed by atoms with Crippen LogP contribution in [0.5, 0.6) is 0 Å². The Morgan fingerprint density at radius 1 is 1.07 bits per heavy atom. The Labute approximate surface area is 162 Å². The molecule has 0 aliphatic carbocycles. The fourth-order valence-corrected chi connectivity index (χ4v) is 4.03. The molecule has 0 bridgehead atoms. The summed E-state index contributed by atoms with van der Waals surface area (Å²) in [6.45, 7) is 9.86. The largest absolute Gasteiger partial charge is 0.311 e. The van der Waals surface area contributed by atoms with Gasteiger partial charge in [-0.1, -0.05) is 38.1 Å².